The molecular formula is C26H23NO3. The van der Waals surface area contributed by atoms with Crippen LogP contribution >= 0.6 is 0 Å². The number of rotatable bonds is 7. The van der Waals surface area contributed by atoms with Gasteiger partial charge in [0.1, 0.15) is 0 Å². The Balaban J connectivity index is 1.49. The molecule has 4 heteroatoms. The maximum Gasteiger partial charge on any atom is 0.251 e. The third-order valence-corrected chi connectivity index (χ3v) is 4.83. The van der Waals surface area contributed by atoms with Crippen LogP contribution < -0.4 is 14.8 Å². The number of benzene rings is 3. The number of hydrogen-bond acceptors (Lipinski definition) is 3. The fourth-order valence-electron chi connectivity index (χ4n) is 3.22. The van der Waals surface area contributed by atoms with Crippen molar-refractivity contribution in [3.05, 3.63) is 108 Å². The number of allylic oxidation sites excluding steroid dienone is 2. The van der Waals surface area contributed by atoms with Gasteiger partial charge in [0.25, 0.3) is 5.91 Å². The van der Waals surface area contributed by atoms with E-state index in [4.69, 9.17) is 9.47 Å². The van der Waals surface area contributed by atoms with E-state index in [1.807, 2.05) is 85.0 Å². The molecule has 0 radical (unpaired) electrons. The fraction of sp³-hybridized carbons (Fsp3) is 0.115. The molecule has 0 spiro atoms. The second-order valence-electron chi connectivity index (χ2n) is 6.97. The number of carbonyl (C=O) groups excluding carboxylic acids is 1. The Kier molecular flexibility index (Phi) is 6.25. The first kappa shape index (κ1) is 19.5. The molecule has 0 aliphatic carbocycles. The number of hydrogen-bond donors (Lipinski definition) is 1. The number of anilines is 1. The molecule has 1 heterocycles. The van der Waals surface area contributed by atoms with Gasteiger partial charge in [0.05, 0.1) is 0 Å². The van der Waals surface area contributed by atoms with Crippen LogP contribution in [0.15, 0.2) is 96.6 Å². The number of amides is 1. The Morgan fingerprint density at radius 1 is 0.900 bits per heavy atom. The molecule has 0 bridgehead atoms. The maximum absolute atomic E-state index is 12.9. The van der Waals surface area contributed by atoms with Gasteiger partial charge in [0, 0.05) is 11.3 Å². The summed E-state index contributed by atoms with van der Waals surface area (Å²) >= 11 is 0. The van der Waals surface area contributed by atoms with Crippen LogP contribution in [0.3, 0.4) is 0 Å². The van der Waals surface area contributed by atoms with Crippen molar-refractivity contribution in [2.75, 3.05) is 12.1 Å². The summed E-state index contributed by atoms with van der Waals surface area (Å²) in [4.78, 5) is 12.9. The number of fused-ring (bicyclic) bond motifs is 1. The molecule has 4 nitrogen and oxygen atoms in total. The molecule has 0 fully saturated rings. The van der Waals surface area contributed by atoms with E-state index in [9.17, 15) is 4.79 Å². The molecule has 150 valence electrons. The van der Waals surface area contributed by atoms with Crippen LogP contribution in [0.4, 0.5) is 5.69 Å². The van der Waals surface area contributed by atoms with Crippen LogP contribution in [0.5, 0.6) is 11.5 Å². The molecule has 3 aromatic rings. The molecule has 0 unspecified atom stereocenters. The molecule has 1 N–H and O–H groups in total. The first-order valence-corrected chi connectivity index (χ1v) is 9.95. The molecular weight excluding hydrogens is 374 g/mol. The Morgan fingerprint density at radius 3 is 2.43 bits per heavy atom. The molecule has 0 saturated heterocycles. The van der Waals surface area contributed by atoms with Crippen molar-refractivity contribution in [1.82, 2.24) is 0 Å². The molecule has 0 atom stereocenters. The first-order valence-electron chi connectivity index (χ1n) is 9.95. The van der Waals surface area contributed by atoms with Gasteiger partial charge in [0.2, 0.25) is 6.79 Å². The molecule has 1 aliphatic rings. The molecule has 3 aromatic carbocycles. The lowest BCUT2D eigenvalue weighted by Gasteiger charge is -2.09. The van der Waals surface area contributed by atoms with Crippen molar-refractivity contribution < 1.29 is 14.3 Å². The Morgan fingerprint density at radius 2 is 1.63 bits per heavy atom. The van der Waals surface area contributed by atoms with Crippen LogP contribution in [0, 0.1) is 0 Å². The van der Waals surface area contributed by atoms with Gasteiger partial charge in [-0.3, -0.25) is 4.79 Å². The molecule has 1 aliphatic heterocycles. The summed E-state index contributed by atoms with van der Waals surface area (Å²) in [6.07, 6.45) is 7.19. The van der Waals surface area contributed by atoms with E-state index in [1.165, 1.54) is 5.56 Å². The molecule has 1 amide bonds. The zero-order valence-electron chi connectivity index (χ0n) is 16.6. The SMILES string of the molecule is O=C(Nc1ccccc1)C(=CC=Cc1ccc2c(c1)OCO2)CCc1ccccc1. The number of nitrogens with one attached hydrogen (secondary N) is 1. The van der Waals surface area contributed by atoms with E-state index in [-0.39, 0.29) is 12.7 Å². The lowest BCUT2D eigenvalue weighted by molar-refractivity contribution is -0.113. The average Bonchev–Trinajstić information content (AvgIpc) is 3.25. The van der Waals surface area contributed by atoms with Crippen LogP contribution in [0.1, 0.15) is 17.5 Å². The van der Waals surface area contributed by atoms with Gasteiger partial charge in [-0.25, -0.2) is 0 Å². The van der Waals surface area contributed by atoms with Gasteiger partial charge in [-0.05, 0) is 48.2 Å². The molecule has 30 heavy (non-hydrogen) atoms. The zero-order valence-corrected chi connectivity index (χ0v) is 16.6. The van der Waals surface area contributed by atoms with Gasteiger partial charge in [-0.1, -0.05) is 72.8 Å². The van der Waals surface area contributed by atoms with Gasteiger partial charge < -0.3 is 14.8 Å². The van der Waals surface area contributed by atoms with Gasteiger partial charge >= 0.3 is 0 Å². The van der Waals surface area contributed by atoms with Crippen molar-refractivity contribution >= 4 is 17.7 Å². The zero-order chi connectivity index (χ0) is 20.6. The topological polar surface area (TPSA) is 47.6 Å². The fourth-order valence-corrected chi connectivity index (χ4v) is 3.22. The van der Waals surface area contributed by atoms with Gasteiger partial charge in [0.15, 0.2) is 11.5 Å². The van der Waals surface area contributed by atoms with Crippen molar-refractivity contribution in [2.24, 2.45) is 0 Å². The minimum Gasteiger partial charge on any atom is -0.454 e. The van der Waals surface area contributed by atoms with Crippen LogP contribution in [0.25, 0.3) is 6.08 Å². The van der Waals surface area contributed by atoms with Crippen molar-refractivity contribution in [1.29, 1.82) is 0 Å². The second-order valence-corrected chi connectivity index (χ2v) is 6.97. The Bertz CT molecular complexity index is 1060. The third kappa shape index (κ3) is 5.17. The summed E-state index contributed by atoms with van der Waals surface area (Å²) in [7, 11) is 0. The van der Waals surface area contributed by atoms with E-state index in [2.05, 4.69) is 17.4 Å². The van der Waals surface area contributed by atoms with Crippen molar-refractivity contribution in [2.45, 2.75) is 12.8 Å². The van der Waals surface area contributed by atoms with E-state index in [0.29, 0.717) is 6.42 Å². The highest BCUT2D eigenvalue weighted by molar-refractivity contribution is 6.04. The summed E-state index contributed by atoms with van der Waals surface area (Å²) in [5.41, 5.74) is 3.70. The van der Waals surface area contributed by atoms with E-state index in [1.54, 1.807) is 0 Å². The largest absolute Gasteiger partial charge is 0.454 e. The van der Waals surface area contributed by atoms with E-state index >= 15 is 0 Å². The van der Waals surface area contributed by atoms with Crippen molar-refractivity contribution in [3.8, 4) is 11.5 Å². The quantitative estimate of drug-likeness (QED) is 0.415. The molecule has 0 saturated carbocycles. The summed E-state index contributed by atoms with van der Waals surface area (Å²) < 4.78 is 10.8. The predicted octanol–water partition coefficient (Wildman–Crippen LogP) is 5.63. The number of carbonyl (C=O) groups is 1. The maximum atomic E-state index is 12.9. The first-order chi connectivity index (χ1) is 14.8. The lowest BCUT2D eigenvalue weighted by Crippen LogP contribution is -2.15. The summed E-state index contributed by atoms with van der Waals surface area (Å²) in [6, 6.07) is 25.5. The molecule has 4 rings (SSSR count). The highest BCUT2D eigenvalue weighted by Crippen LogP contribution is 2.32. The van der Waals surface area contributed by atoms with Gasteiger partial charge in [-0.2, -0.15) is 0 Å². The summed E-state index contributed by atoms with van der Waals surface area (Å²) in [6.45, 7) is 0.256. The highest BCUT2D eigenvalue weighted by Gasteiger charge is 2.12. The van der Waals surface area contributed by atoms with Crippen LogP contribution in [-0.4, -0.2) is 12.7 Å². The number of aryl methyl sites for hydroxylation is 1. The lowest BCUT2D eigenvalue weighted by atomic mass is 10.0. The Hall–Kier alpha value is -3.79. The number of ether oxygens (including phenoxy) is 2. The van der Waals surface area contributed by atoms with E-state index in [0.717, 1.165) is 34.7 Å². The monoisotopic (exact) mass is 397 g/mol. The number of para-hydroxylation sites is 1. The summed E-state index contributed by atoms with van der Waals surface area (Å²) in [5.74, 6) is 1.41. The standard InChI is InChI=1S/C26H23NO3/c28-26(27-23-12-5-2-6-13-23)22(16-14-20-8-3-1-4-9-20)11-7-10-21-15-17-24-25(18-21)30-19-29-24/h1-13,15,17-18H,14,16,19H2,(H,27,28). The molecule has 0 aromatic heterocycles. The van der Waals surface area contributed by atoms with Crippen molar-refractivity contribution in [3.63, 3.8) is 0 Å². The predicted molar refractivity (Wildman–Crippen MR) is 120 cm³/mol. The normalized spacial score (nSPS) is 12.9. The van der Waals surface area contributed by atoms with Crippen LogP contribution in [-0.2, 0) is 11.2 Å². The highest BCUT2D eigenvalue weighted by atomic mass is 16.7. The van der Waals surface area contributed by atoms with Crippen LogP contribution in [0.2, 0.25) is 0 Å². The third-order valence-electron chi connectivity index (χ3n) is 4.83. The summed E-state index contributed by atoms with van der Waals surface area (Å²) in [5, 5.41) is 2.98. The average molecular weight is 397 g/mol. The minimum atomic E-state index is -0.0903. The Labute approximate surface area is 176 Å². The van der Waals surface area contributed by atoms with E-state index < -0.39 is 0 Å². The second kappa shape index (κ2) is 9.61. The minimum absolute atomic E-state index is 0.0903. The van der Waals surface area contributed by atoms with Gasteiger partial charge in [-0.15, -0.1) is 0 Å². The smallest absolute Gasteiger partial charge is 0.251 e.